The third-order valence-corrected chi connectivity index (χ3v) is 10.5. The quantitative estimate of drug-likeness (QED) is 0.553. The molecule has 1 aliphatic carbocycles. The van der Waals surface area contributed by atoms with Crippen molar-refractivity contribution in [2.75, 3.05) is 6.54 Å². The fourth-order valence-electron chi connectivity index (χ4n) is 5.45. The molecule has 0 amide bonds. The molecule has 1 saturated heterocycles. The molecule has 0 spiro atoms. The van der Waals surface area contributed by atoms with Gasteiger partial charge < -0.3 is 15.2 Å². The summed E-state index contributed by atoms with van der Waals surface area (Å²) in [5.74, 6) is 0.113. The van der Waals surface area contributed by atoms with Gasteiger partial charge in [-0.1, -0.05) is 56.0 Å². The van der Waals surface area contributed by atoms with Crippen LogP contribution in [0.15, 0.2) is 36.4 Å². The number of carboxylic acids is 1. The van der Waals surface area contributed by atoms with Crippen LogP contribution in [0.4, 0.5) is 0 Å². The van der Waals surface area contributed by atoms with Gasteiger partial charge in [0, 0.05) is 19.5 Å². The van der Waals surface area contributed by atoms with Crippen molar-refractivity contribution in [3.8, 4) is 5.75 Å². The summed E-state index contributed by atoms with van der Waals surface area (Å²) >= 11 is 0. The fourth-order valence-corrected chi connectivity index (χ4v) is 7.52. The predicted octanol–water partition coefficient (Wildman–Crippen LogP) is 5.86. The van der Waals surface area contributed by atoms with E-state index in [2.05, 4.69) is 61.4 Å². The standard InChI is InChI=1S/C26H37NO3Si/c1-31(2,3)23-12-10-22(11-13-23)30-25-19(9-8-18-6-4-5-7-24(18)25)16-21-17-20(26(28)29)14-15-27-21/h4-9,20-23,27H,10-17H2,1-3H3,(H,28,29). The summed E-state index contributed by atoms with van der Waals surface area (Å²) in [5, 5.41) is 15.4. The first-order chi connectivity index (χ1) is 14.8. The van der Waals surface area contributed by atoms with Crippen LogP contribution in [0.2, 0.25) is 25.2 Å². The Kier molecular flexibility index (Phi) is 6.73. The predicted molar refractivity (Wildman–Crippen MR) is 130 cm³/mol. The molecule has 2 aromatic rings. The lowest BCUT2D eigenvalue weighted by Crippen LogP contribution is -2.41. The van der Waals surface area contributed by atoms with Gasteiger partial charge in [-0.05, 0) is 68.0 Å². The molecular formula is C26H37NO3Si. The summed E-state index contributed by atoms with van der Waals surface area (Å²) in [6, 6.07) is 13.0. The molecule has 0 aromatic heterocycles. The van der Waals surface area contributed by atoms with Gasteiger partial charge in [0.05, 0.1) is 12.0 Å². The van der Waals surface area contributed by atoms with Crippen molar-refractivity contribution in [3.63, 3.8) is 0 Å². The lowest BCUT2D eigenvalue weighted by Gasteiger charge is -2.36. The van der Waals surface area contributed by atoms with Gasteiger partial charge in [-0.2, -0.15) is 0 Å². The van der Waals surface area contributed by atoms with E-state index in [9.17, 15) is 9.90 Å². The highest BCUT2D eigenvalue weighted by Gasteiger charge is 2.32. The largest absolute Gasteiger partial charge is 0.489 e. The van der Waals surface area contributed by atoms with E-state index in [0.717, 1.165) is 37.1 Å². The van der Waals surface area contributed by atoms with E-state index >= 15 is 0 Å². The molecule has 2 aromatic carbocycles. The normalized spacial score (nSPS) is 27.2. The third kappa shape index (κ3) is 5.32. The number of carboxylic acid groups (broad SMARTS) is 1. The van der Waals surface area contributed by atoms with Gasteiger partial charge in [0.1, 0.15) is 5.75 Å². The van der Waals surface area contributed by atoms with E-state index in [1.165, 1.54) is 29.2 Å². The Morgan fingerprint density at radius 1 is 1.06 bits per heavy atom. The van der Waals surface area contributed by atoms with E-state index in [1.807, 2.05) is 0 Å². The molecule has 0 radical (unpaired) electrons. The number of aliphatic carboxylic acids is 1. The minimum Gasteiger partial charge on any atom is -0.489 e. The van der Waals surface area contributed by atoms with Crippen LogP contribution in [0.5, 0.6) is 5.75 Å². The maximum absolute atomic E-state index is 11.5. The van der Waals surface area contributed by atoms with E-state index in [-0.39, 0.29) is 18.1 Å². The maximum Gasteiger partial charge on any atom is 0.306 e. The molecule has 2 N–H and O–H groups in total. The first kappa shape index (κ1) is 22.3. The molecule has 2 unspecified atom stereocenters. The van der Waals surface area contributed by atoms with Crippen LogP contribution < -0.4 is 10.1 Å². The molecule has 4 rings (SSSR count). The lowest BCUT2D eigenvalue weighted by atomic mass is 9.88. The Bertz CT molecular complexity index is 914. The van der Waals surface area contributed by atoms with Gasteiger partial charge in [0.2, 0.25) is 0 Å². The smallest absolute Gasteiger partial charge is 0.306 e. The van der Waals surface area contributed by atoms with Gasteiger partial charge in [-0.15, -0.1) is 0 Å². The van der Waals surface area contributed by atoms with Crippen LogP contribution in [0, 0.1) is 5.92 Å². The number of piperidine rings is 1. The van der Waals surface area contributed by atoms with E-state index in [0.29, 0.717) is 12.8 Å². The molecule has 2 fully saturated rings. The fraction of sp³-hybridized carbons (Fsp3) is 0.577. The molecule has 1 saturated carbocycles. The second-order valence-electron chi connectivity index (χ2n) is 10.6. The number of ether oxygens (including phenoxy) is 1. The monoisotopic (exact) mass is 439 g/mol. The Hall–Kier alpha value is -1.85. The highest BCUT2D eigenvalue weighted by Crippen LogP contribution is 2.40. The van der Waals surface area contributed by atoms with Gasteiger partial charge in [-0.3, -0.25) is 4.79 Å². The number of nitrogens with one attached hydrogen (secondary N) is 1. The van der Waals surface area contributed by atoms with Crippen LogP contribution in [0.25, 0.3) is 10.8 Å². The van der Waals surface area contributed by atoms with Crippen molar-refractivity contribution >= 4 is 24.8 Å². The van der Waals surface area contributed by atoms with Crippen LogP contribution in [-0.2, 0) is 11.2 Å². The van der Waals surface area contributed by atoms with Crippen LogP contribution >= 0.6 is 0 Å². The van der Waals surface area contributed by atoms with Gasteiger partial charge >= 0.3 is 5.97 Å². The minimum atomic E-state index is -1.09. The Balaban J connectivity index is 1.54. The van der Waals surface area contributed by atoms with Crippen LogP contribution in [-0.4, -0.2) is 37.8 Å². The second-order valence-corrected chi connectivity index (χ2v) is 16.2. The number of hydrogen-bond donors (Lipinski definition) is 2. The summed E-state index contributed by atoms with van der Waals surface area (Å²) in [5.41, 5.74) is 2.10. The van der Waals surface area contributed by atoms with Crippen LogP contribution in [0.3, 0.4) is 0 Å². The molecule has 1 heterocycles. The lowest BCUT2D eigenvalue weighted by molar-refractivity contribution is -0.142. The Labute approximate surface area is 187 Å². The van der Waals surface area contributed by atoms with E-state index in [1.54, 1.807) is 0 Å². The Morgan fingerprint density at radius 3 is 2.52 bits per heavy atom. The zero-order valence-electron chi connectivity index (χ0n) is 19.2. The molecule has 2 aliphatic rings. The average molecular weight is 440 g/mol. The van der Waals surface area contributed by atoms with Gasteiger partial charge in [-0.25, -0.2) is 0 Å². The molecule has 0 bridgehead atoms. The highest BCUT2D eigenvalue weighted by molar-refractivity contribution is 6.77. The minimum absolute atomic E-state index is 0.181. The maximum atomic E-state index is 11.5. The summed E-state index contributed by atoms with van der Waals surface area (Å²) in [4.78, 5) is 11.5. The molecule has 5 heteroatoms. The average Bonchev–Trinajstić information content (AvgIpc) is 2.75. The first-order valence-electron chi connectivity index (χ1n) is 11.9. The number of benzene rings is 2. The van der Waals surface area contributed by atoms with E-state index in [4.69, 9.17) is 4.74 Å². The molecule has 4 nitrogen and oxygen atoms in total. The SMILES string of the molecule is C[Si](C)(C)C1CCC(Oc2c(CC3CC(C(=O)O)CCN3)ccc3ccccc23)CC1. The number of hydrogen-bond acceptors (Lipinski definition) is 3. The second kappa shape index (κ2) is 9.33. The topological polar surface area (TPSA) is 58.6 Å². The highest BCUT2D eigenvalue weighted by atomic mass is 28.3. The summed E-state index contributed by atoms with van der Waals surface area (Å²) in [6.07, 6.45) is 7.34. The first-order valence-corrected chi connectivity index (χ1v) is 15.5. The van der Waals surface area contributed by atoms with Crippen molar-refractivity contribution in [2.45, 2.75) is 82.3 Å². The Morgan fingerprint density at radius 2 is 1.81 bits per heavy atom. The molecule has 1 aliphatic heterocycles. The zero-order valence-corrected chi connectivity index (χ0v) is 20.2. The summed E-state index contributed by atoms with van der Waals surface area (Å²) in [7, 11) is -1.09. The summed E-state index contributed by atoms with van der Waals surface area (Å²) in [6.45, 7) is 8.24. The third-order valence-electron chi connectivity index (χ3n) is 7.46. The molecular weight excluding hydrogens is 402 g/mol. The number of rotatable bonds is 6. The summed E-state index contributed by atoms with van der Waals surface area (Å²) < 4.78 is 6.75. The van der Waals surface area contributed by atoms with Gasteiger partial charge in [0.15, 0.2) is 0 Å². The van der Waals surface area contributed by atoms with Gasteiger partial charge in [0.25, 0.3) is 0 Å². The molecule has 168 valence electrons. The zero-order chi connectivity index (χ0) is 22.0. The molecule has 2 atom stereocenters. The number of carbonyl (C=O) groups is 1. The van der Waals surface area contributed by atoms with Crippen molar-refractivity contribution in [1.29, 1.82) is 0 Å². The van der Waals surface area contributed by atoms with Crippen molar-refractivity contribution in [1.82, 2.24) is 5.32 Å². The van der Waals surface area contributed by atoms with Crippen LogP contribution in [0.1, 0.15) is 44.1 Å². The van der Waals surface area contributed by atoms with Crippen molar-refractivity contribution in [2.24, 2.45) is 5.92 Å². The number of fused-ring (bicyclic) bond motifs is 1. The van der Waals surface area contributed by atoms with Crippen molar-refractivity contribution in [3.05, 3.63) is 42.0 Å². The van der Waals surface area contributed by atoms with Crippen molar-refractivity contribution < 1.29 is 14.6 Å². The van der Waals surface area contributed by atoms with E-state index < -0.39 is 14.0 Å². The molecule has 31 heavy (non-hydrogen) atoms.